The number of benzene rings is 1. The van der Waals surface area contributed by atoms with Crippen molar-refractivity contribution in [2.45, 2.75) is 37.0 Å². The van der Waals surface area contributed by atoms with Crippen LogP contribution in [0.25, 0.3) is 11.1 Å². The van der Waals surface area contributed by atoms with Crippen molar-refractivity contribution in [1.82, 2.24) is 13.8 Å². The van der Waals surface area contributed by atoms with Crippen LogP contribution in [-0.2, 0) is 21.9 Å². The fourth-order valence-electron chi connectivity index (χ4n) is 4.14. The van der Waals surface area contributed by atoms with Gasteiger partial charge in [0, 0.05) is 45.2 Å². The van der Waals surface area contributed by atoms with E-state index in [4.69, 9.17) is 4.42 Å². The summed E-state index contributed by atoms with van der Waals surface area (Å²) >= 11 is 0. The quantitative estimate of drug-likeness (QED) is 0.770. The van der Waals surface area contributed by atoms with Gasteiger partial charge in [0.1, 0.15) is 0 Å². The van der Waals surface area contributed by atoms with Gasteiger partial charge in [-0.05, 0) is 44.2 Å². The number of hydrogen-bond donors (Lipinski definition) is 0. The van der Waals surface area contributed by atoms with E-state index in [-0.39, 0.29) is 22.3 Å². The van der Waals surface area contributed by atoms with Gasteiger partial charge in [0.25, 0.3) is 0 Å². The summed E-state index contributed by atoms with van der Waals surface area (Å²) in [6.07, 6.45) is 4.36. The molecule has 4 rings (SSSR count). The third kappa shape index (κ3) is 3.37. The largest absolute Gasteiger partial charge is 0.419 e. The lowest BCUT2D eigenvalue weighted by atomic mass is 9.95. The molecule has 28 heavy (non-hydrogen) atoms. The maximum Gasteiger partial charge on any atom is 0.419 e. The second-order valence-electron chi connectivity index (χ2n) is 7.62. The number of aromatic nitrogens is 1. The molecule has 3 heterocycles. The molecule has 152 valence electrons. The highest BCUT2D eigenvalue weighted by atomic mass is 32.2. The summed E-state index contributed by atoms with van der Waals surface area (Å²) in [7, 11) is -2.12. The number of amides is 1. The molecule has 0 bridgehead atoms. The van der Waals surface area contributed by atoms with Crippen molar-refractivity contribution in [3.63, 3.8) is 0 Å². The van der Waals surface area contributed by atoms with Gasteiger partial charge < -0.3 is 9.32 Å². The summed E-state index contributed by atoms with van der Waals surface area (Å²) in [6, 6.07) is 4.48. The first-order valence-corrected chi connectivity index (χ1v) is 11.2. The SMILES string of the molecule is Cn1c(=O)oc2cc(S(=O)(=O)N3CCC(C(=O)N4CCCCC4)CC3)ccc21. The van der Waals surface area contributed by atoms with E-state index in [1.807, 2.05) is 4.90 Å². The monoisotopic (exact) mass is 407 g/mol. The maximum absolute atomic E-state index is 13.0. The summed E-state index contributed by atoms with van der Waals surface area (Å²) in [5.74, 6) is -0.454. The van der Waals surface area contributed by atoms with Crippen molar-refractivity contribution >= 4 is 27.0 Å². The Kier molecular flexibility index (Phi) is 5.05. The Morgan fingerprint density at radius 2 is 1.75 bits per heavy atom. The smallest absolute Gasteiger partial charge is 0.408 e. The van der Waals surface area contributed by atoms with Crippen LogP contribution in [0.15, 0.2) is 32.3 Å². The first-order chi connectivity index (χ1) is 13.4. The minimum atomic E-state index is -3.69. The third-order valence-corrected chi connectivity index (χ3v) is 7.77. The lowest BCUT2D eigenvalue weighted by Gasteiger charge is -2.35. The molecule has 0 radical (unpaired) electrons. The minimum Gasteiger partial charge on any atom is -0.408 e. The number of sulfonamides is 1. The maximum atomic E-state index is 13.0. The molecule has 1 amide bonds. The van der Waals surface area contributed by atoms with E-state index < -0.39 is 15.8 Å². The number of piperidine rings is 2. The zero-order valence-electron chi connectivity index (χ0n) is 16.0. The number of nitrogens with zero attached hydrogens (tertiary/aromatic N) is 3. The van der Waals surface area contributed by atoms with Gasteiger partial charge in [-0.25, -0.2) is 13.2 Å². The van der Waals surface area contributed by atoms with Gasteiger partial charge in [-0.15, -0.1) is 0 Å². The molecular formula is C19H25N3O5S. The summed E-state index contributed by atoms with van der Waals surface area (Å²) in [4.78, 5) is 26.3. The molecule has 0 N–H and O–H groups in total. The fraction of sp³-hybridized carbons (Fsp3) is 0.579. The van der Waals surface area contributed by atoms with E-state index in [1.54, 1.807) is 13.1 Å². The van der Waals surface area contributed by atoms with Crippen molar-refractivity contribution in [1.29, 1.82) is 0 Å². The number of hydrogen-bond acceptors (Lipinski definition) is 5. The molecule has 1 aromatic heterocycles. The topological polar surface area (TPSA) is 92.8 Å². The van der Waals surface area contributed by atoms with Crippen molar-refractivity contribution < 1.29 is 17.6 Å². The molecule has 2 aromatic rings. The Labute approximate surface area is 163 Å². The molecule has 2 aliphatic rings. The normalized spacial score (nSPS) is 20.0. The molecule has 0 atom stereocenters. The molecule has 0 unspecified atom stereocenters. The molecule has 2 aliphatic heterocycles. The van der Waals surface area contributed by atoms with Crippen LogP contribution in [0.3, 0.4) is 0 Å². The Bertz CT molecular complexity index is 1040. The number of oxazole rings is 1. The van der Waals surface area contributed by atoms with E-state index in [2.05, 4.69) is 0 Å². The molecule has 1 aromatic carbocycles. The standard InChI is InChI=1S/C19H25N3O5S/c1-20-16-6-5-15(13-17(16)27-19(20)24)28(25,26)22-11-7-14(8-12-22)18(23)21-9-3-2-4-10-21/h5-6,13-14H,2-4,7-12H2,1H3. The first kappa shape index (κ1) is 19.2. The highest BCUT2D eigenvalue weighted by Gasteiger charge is 2.34. The number of carbonyl (C=O) groups is 1. The van der Waals surface area contributed by atoms with Gasteiger partial charge in [0.05, 0.1) is 10.4 Å². The first-order valence-electron chi connectivity index (χ1n) is 9.76. The van der Waals surface area contributed by atoms with Crippen LogP contribution in [0.1, 0.15) is 32.1 Å². The lowest BCUT2D eigenvalue weighted by Crippen LogP contribution is -2.45. The highest BCUT2D eigenvalue weighted by molar-refractivity contribution is 7.89. The van der Waals surface area contributed by atoms with E-state index >= 15 is 0 Å². The number of aryl methyl sites for hydroxylation is 1. The zero-order chi connectivity index (χ0) is 19.9. The van der Waals surface area contributed by atoms with Crippen LogP contribution in [0.4, 0.5) is 0 Å². The van der Waals surface area contributed by atoms with Gasteiger partial charge >= 0.3 is 5.76 Å². The van der Waals surface area contributed by atoms with Gasteiger partial charge in [-0.3, -0.25) is 9.36 Å². The number of fused-ring (bicyclic) bond motifs is 1. The van der Waals surface area contributed by atoms with Crippen LogP contribution < -0.4 is 5.76 Å². The Balaban J connectivity index is 1.47. The molecule has 0 spiro atoms. The second kappa shape index (κ2) is 7.36. The van der Waals surface area contributed by atoms with E-state index in [0.29, 0.717) is 31.4 Å². The van der Waals surface area contributed by atoms with Crippen LogP contribution in [-0.4, -0.2) is 54.3 Å². The summed E-state index contributed by atoms with van der Waals surface area (Å²) in [6.45, 7) is 2.28. The summed E-state index contributed by atoms with van der Waals surface area (Å²) in [5, 5.41) is 0. The van der Waals surface area contributed by atoms with Gasteiger partial charge in [0.2, 0.25) is 15.9 Å². The molecule has 0 aliphatic carbocycles. The Hall–Kier alpha value is -2.13. The van der Waals surface area contributed by atoms with Crippen LogP contribution in [0.5, 0.6) is 0 Å². The summed E-state index contributed by atoms with van der Waals surface area (Å²) < 4.78 is 33.9. The number of carbonyl (C=O) groups excluding carboxylic acids is 1. The van der Waals surface area contributed by atoms with Crippen molar-refractivity contribution in [3.8, 4) is 0 Å². The molecule has 9 heteroatoms. The summed E-state index contributed by atoms with van der Waals surface area (Å²) in [5.41, 5.74) is 0.804. The Morgan fingerprint density at radius 3 is 2.43 bits per heavy atom. The number of likely N-dealkylation sites (tertiary alicyclic amines) is 1. The molecule has 8 nitrogen and oxygen atoms in total. The Morgan fingerprint density at radius 1 is 1.07 bits per heavy atom. The molecule has 2 saturated heterocycles. The molecule has 2 fully saturated rings. The minimum absolute atomic E-state index is 0.0980. The average Bonchev–Trinajstić information content (AvgIpc) is 3.01. The zero-order valence-corrected chi connectivity index (χ0v) is 16.8. The predicted molar refractivity (Wildman–Crippen MR) is 103 cm³/mol. The van der Waals surface area contributed by atoms with E-state index in [9.17, 15) is 18.0 Å². The van der Waals surface area contributed by atoms with Crippen molar-refractivity contribution in [2.75, 3.05) is 26.2 Å². The highest BCUT2D eigenvalue weighted by Crippen LogP contribution is 2.27. The predicted octanol–water partition coefficient (Wildman–Crippen LogP) is 1.54. The van der Waals surface area contributed by atoms with Crippen LogP contribution in [0, 0.1) is 5.92 Å². The van der Waals surface area contributed by atoms with Crippen LogP contribution in [0.2, 0.25) is 0 Å². The van der Waals surface area contributed by atoms with Gasteiger partial charge in [-0.1, -0.05) is 0 Å². The van der Waals surface area contributed by atoms with Gasteiger partial charge in [0.15, 0.2) is 5.58 Å². The van der Waals surface area contributed by atoms with Crippen molar-refractivity contribution in [2.24, 2.45) is 13.0 Å². The number of rotatable bonds is 3. The lowest BCUT2D eigenvalue weighted by molar-refractivity contribution is -0.137. The second-order valence-corrected chi connectivity index (χ2v) is 9.56. The van der Waals surface area contributed by atoms with E-state index in [1.165, 1.54) is 27.4 Å². The van der Waals surface area contributed by atoms with Crippen LogP contribution >= 0.6 is 0 Å². The van der Waals surface area contributed by atoms with Crippen molar-refractivity contribution in [3.05, 3.63) is 28.7 Å². The fourth-order valence-corrected chi connectivity index (χ4v) is 5.62. The third-order valence-electron chi connectivity index (χ3n) is 5.87. The average molecular weight is 407 g/mol. The molecule has 0 saturated carbocycles. The molecular weight excluding hydrogens is 382 g/mol. The van der Waals surface area contributed by atoms with Gasteiger partial charge in [-0.2, -0.15) is 4.31 Å². The van der Waals surface area contributed by atoms with E-state index in [0.717, 1.165) is 25.9 Å².